The topological polar surface area (TPSA) is 12.0 Å². The average Bonchev–Trinajstić information content (AvgIpc) is 2.20. The largest absolute Gasteiger partial charge is 0.310 e. The Bertz CT molecular complexity index is 339. The van der Waals surface area contributed by atoms with E-state index in [1.54, 1.807) is 12.1 Å². The fourth-order valence-electron chi connectivity index (χ4n) is 1.76. The molecule has 0 aromatic heterocycles. The maximum Gasteiger partial charge on any atom is 0.124 e. The lowest BCUT2D eigenvalue weighted by Crippen LogP contribution is -2.27. The van der Waals surface area contributed by atoms with Gasteiger partial charge in [-0.3, -0.25) is 0 Å². The van der Waals surface area contributed by atoms with Crippen LogP contribution in [0, 0.1) is 15.3 Å². The first-order valence-electron chi connectivity index (χ1n) is 5.74. The van der Waals surface area contributed by atoms with E-state index in [4.69, 9.17) is 0 Å². The van der Waals surface area contributed by atoms with Gasteiger partial charge in [-0.2, -0.15) is 0 Å². The molecule has 0 aliphatic rings. The summed E-state index contributed by atoms with van der Waals surface area (Å²) in [6.07, 6.45) is 1.11. The molecular weight excluding hydrogens is 316 g/mol. The van der Waals surface area contributed by atoms with Gasteiger partial charge < -0.3 is 5.32 Å². The number of rotatable bonds is 5. The molecule has 0 saturated carbocycles. The molecular formula is C13H19FIN. The highest BCUT2D eigenvalue weighted by atomic mass is 127. The van der Waals surface area contributed by atoms with E-state index in [9.17, 15) is 4.39 Å². The van der Waals surface area contributed by atoms with Crippen molar-refractivity contribution in [3.05, 3.63) is 33.1 Å². The van der Waals surface area contributed by atoms with Crippen molar-refractivity contribution in [2.45, 2.75) is 33.2 Å². The van der Waals surface area contributed by atoms with Crippen LogP contribution in [0.3, 0.4) is 0 Å². The van der Waals surface area contributed by atoms with Crippen molar-refractivity contribution in [2.24, 2.45) is 5.92 Å². The first-order chi connectivity index (χ1) is 7.56. The van der Waals surface area contributed by atoms with E-state index in [1.807, 2.05) is 6.07 Å². The highest BCUT2D eigenvalue weighted by Gasteiger charge is 2.17. The average molecular weight is 335 g/mol. The summed E-state index contributed by atoms with van der Waals surface area (Å²) < 4.78 is 14.0. The van der Waals surface area contributed by atoms with Gasteiger partial charge in [-0.05, 0) is 59.2 Å². The second kappa shape index (κ2) is 6.55. The highest BCUT2D eigenvalue weighted by Crippen LogP contribution is 2.26. The molecule has 0 bridgehead atoms. The van der Waals surface area contributed by atoms with Crippen LogP contribution >= 0.6 is 22.6 Å². The van der Waals surface area contributed by atoms with Crippen LogP contribution in [-0.4, -0.2) is 6.54 Å². The third-order valence-electron chi connectivity index (χ3n) is 2.58. The van der Waals surface area contributed by atoms with Crippen molar-refractivity contribution in [1.82, 2.24) is 5.32 Å². The zero-order valence-corrected chi connectivity index (χ0v) is 12.2. The lowest BCUT2D eigenvalue weighted by molar-refractivity contribution is 0.411. The van der Waals surface area contributed by atoms with Crippen LogP contribution in [0.1, 0.15) is 38.8 Å². The standard InChI is InChI=1S/C13H19FIN/c1-4-7-16-13(9(2)3)11-6-5-10(14)8-12(11)15/h5-6,8-9,13,16H,4,7H2,1-3H3. The summed E-state index contributed by atoms with van der Waals surface area (Å²) in [6.45, 7) is 7.52. The Labute approximate surface area is 111 Å². The maximum absolute atomic E-state index is 13.0. The Morgan fingerprint density at radius 1 is 1.38 bits per heavy atom. The van der Waals surface area contributed by atoms with Gasteiger partial charge in [-0.1, -0.05) is 26.8 Å². The van der Waals surface area contributed by atoms with Gasteiger partial charge in [0.15, 0.2) is 0 Å². The summed E-state index contributed by atoms with van der Waals surface area (Å²) in [5.41, 5.74) is 1.20. The number of hydrogen-bond acceptors (Lipinski definition) is 1. The second-order valence-electron chi connectivity index (χ2n) is 4.34. The predicted octanol–water partition coefficient (Wildman–Crippen LogP) is 4.13. The lowest BCUT2D eigenvalue weighted by Gasteiger charge is -2.24. The second-order valence-corrected chi connectivity index (χ2v) is 5.50. The molecule has 1 N–H and O–H groups in total. The van der Waals surface area contributed by atoms with E-state index >= 15 is 0 Å². The van der Waals surface area contributed by atoms with Gasteiger partial charge in [0, 0.05) is 9.61 Å². The fraction of sp³-hybridized carbons (Fsp3) is 0.538. The molecule has 90 valence electrons. The minimum Gasteiger partial charge on any atom is -0.310 e. The van der Waals surface area contributed by atoms with Crippen LogP contribution < -0.4 is 5.32 Å². The molecule has 0 spiro atoms. The molecule has 1 unspecified atom stereocenters. The van der Waals surface area contributed by atoms with Gasteiger partial charge in [0.05, 0.1) is 0 Å². The summed E-state index contributed by atoms with van der Waals surface area (Å²) >= 11 is 2.21. The van der Waals surface area contributed by atoms with E-state index in [0.717, 1.165) is 16.5 Å². The van der Waals surface area contributed by atoms with E-state index in [0.29, 0.717) is 12.0 Å². The molecule has 0 saturated heterocycles. The Hall–Kier alpha value is -0.160. The van der Waals surface area contributed by atoms with Gasteiger partial charge in [0.1, 0.15) is 5.82 Å². The van der Waals surface area contributed by atoms with Crippen molar-refractivity contribution in [3.8, 4) is 0 Å². The third kappa shape index (κ3) is 3.70. The number of nitrogens with one attached hydrogen (secondary N) is 1. The van der Waals surface area contributed by atoms with Gasteiger partial charge >= 0.3 is 0 Å². The minimum atomic E-state index is -0.161. The molecule has 0 aliphatic carbocycles. The van der Waals surface area contributed by atoms with Gasteiger partial charge in [-0.25, -0.2) is 4.39 Å². The first-order valence-corrected chi connectivity index (χ1v) is 6.82. The fourth-order valence-corrected chi connectivity index (χ4v) is 2.57. The van der Waals surface area contributed by atoms with E-state index < -0.39 is 0 Å². The van der Waals surface area contributed by atoms with Crippen LogP contribution in [0.25, 0.3) is 0 Å². The molecule has 1 rings (SSSR count). The number of benzene rings is 1. The van der Waals surface area contributed by atoms with E-state index in [1.165, 1.54) is 5.56 Å². The third-order valence-corrected chi connectivity index (χ3v) is 3.51. The van der Waals surface area contributed by atoms with Crippen molar-refractivity contribution in [3.63, 3.8) is 0 Å². The van der Waals surface area contributed by atoms with Gasteiger partial charge in [0.25, 0.3) is 0 Å². The van der Waals surface area contributed by atoms with Crippen LogP contribution in [0.2, 0.25) is 0 Å². The first kappa shape index (κ1) is 13.9. The molecule has 0 fully saturated rings. The summed E-state index contributed by atoms with van der Waals surface area (Å²) in [5.74, 6) is 0.344. The maximum atomic E-state index is 13.0. The van der Waals surface area contributed by atoms with Crippen LogP contribution in [0.4, 0.5) is 4.39 Å². The smallest absolute Gasteiger partial charge is 0.124 e. The van der Waals surface area contributed by atoms with E-state index in [-0.39, 0.29) is 5.82 Å². The molecule has 16 heavy (non-hydrogen) atoms. The summed E-state index contributed by atoms with van der Waals surface area (Å²) in [7, 11) is 0. The zero-order chi connectivity index (χ0) is 12.1. The van der Waals surface area contributed by atoms with Gasteiger partial charge in [0.2, 0.25) is 0 Å². The summed E-state index contributed by atoms with van der Waals surface area (Å²) in [4.78, 5) is 0. The molecule has 0 heterocycles. The van der Waals surface area contributed by atoms with E-state index in [2.05, 4.69) is 48.7 Å². The van der Waals surface area contributed by atoms with Crippen LogP contribution in [0.5, 0.6) is 0 Å². The molecule has 0 amide bonds. The molecule has 1 nitrogen and oxygen atoms in total. The lowest BCUT2D eigenvalue weighted by atomic mass is 9.96. The van der Waals surface area contributed by atoms with Crippen LogP contribution in [0.15, 0.2) is 18.2 Å². The number of hydrogen-bond donors (Lipinski definition) is 1. The minimum absolute atomic E-state index is 0.161. The van der Waals surface area contributed by atoms with Gasteiger partial charge in [-0.15, -0.1) is 0 Å². The molecule has 3 heteroatoms. The predicted molar refractivity (Wildman–Crippen MR) is 75.0 cm³/mol. The number of halogens is 2. The molecule has 0 radical (unpaired) electrons. The molecule has 1 atom stereocenters. The van der Waals surface area contributed by atoms with Crippen molar-refractivity contribution in [2.75, 3.05) is 6.54 Å². The SMILES string of the molecule is CCCNC(c1ccc(F)cc1I)C(C)C. The molecule has 0 aliphatic heterocycles. The zero-order valence-electron chi connectivity index (χ0n) is 10.1. The van der Waals surface area contributed by atoms with Crippen molar-refractivity contribution < 1.29 is 4.39 Å². The highest BCUT2D eigenvalue weighted by molar-refractivity contribution is 14.1. The Morgan fingerprint density at radius 2 is 2.06 bits per heavy atom. The normalized spacial score (nSPS) is 13.1. The van der Waals surface area contributed by atoms with Crippen LogP contribution in [-0.2, 0) is 0 Å². The quantitative estimate of drug-likeness (QED) is 0.798. The summed E-state index contributed by atoms with van der Waals surface area (Å²) in [5, 5.41) is 3.52. The Kier molecular flexibility index (Phi) is 5.69. The Balaban J connectivity index is 2.92. The summed E-state index contributed by atoms with van der Waals surface area (Å²) in [6, 6.07) is 5.34. The van der Waals surface area contributed by atoms with Crippen molar-refractivity contribution in [1.29, 1.82) is 0 Å². The monoisotopic (exact) mass is 335 g/mol. The molecule has 1 aromatic rings. The van der Waals surface area contributed by atoms with Crippen molar-refractivity contribution >= 4 is 22.6 Å². The Morgan fingerprint density at radius 3 is 2.56 bits per heavy atom. The molecule has 1 aromatic carbocycles.